The standard InChI is InChI=1S/C13H20N2O2S/c1-2-7-13(8-9-13)10-15-11-3-5-12(6-4-11)18(14,16)17/h3-6,15H,2,7-10H2,1H3,(H2,14,16,17). The van der Waals surface area contributed by atoms with Crippen molar-refractivity contribution in [3.05, 3.63) is 24.3 Å². The topological polar surface area (TPSA) is 72.2 Å². The molecule has 1 aromatic rings. The van der Waals surface area contributed by atoms with E-state index in [1.54, 1.807) is 12.1 Å². The quantitative estimate of drug-likeness (QED) is 0.831. The monoisotopic (exact) mass is 268 g/mol. The highest BCUT2D eigenvalue weighted by atomic mass is 32.2. The molecular formula is C13H20N2O2S. The zero-order valence-electron chi connectivity index (χ0n) is 10.6. The van der Waals surface area contributed by atoms with Gasteiger partial charge in [-0.05, 0) is 48.9 Å². The van der Waals surface area contributed by atoms with E-state index in [4.69, 9.17) is 5.14 Å². The summed E-state index contributed by atoms with van der Waals surface area (Å²) in [5.74, 6) is 0. The summed E-state index contributed by atoms with van der Waals surface area (Å²) < 4.78 is 22.2. The Morgan fingerprint density at radius 3 is 2.33 bits per heavy atom. The SMILES string of the molecule is CCCC1(CNc2ccc(S(N)(=O)=O)cc2)CC1. The minimum absolute atomic E-state index is 0.155. The molecule has 0 spiro atoms. The van der Waals surface area contributed by atoms with E-state index < -0.39 is 10.0 Å². The van der Waals surface area contributed by atoms with Crippen LogP contribution in [0.25, 0.3) is 0 Å². The lowest BCUT2D eigenvalue weighted by atomic mass is 10.0. The van der Waals surface area contributed by atoms with Crippen molar-refractivity contribution in [2.45, 2.75) is 37.5 Å². The van der Waals surface area contributed by atoms with Gasteiger partial charge >= 0.3 is 0 Å². The number of nitrogens with two attached hydrogens (primary N) is 1. The summed E-state index contributed by atoms with van der Waals surface area (Å²) in [5.41, 5.74) is 1.43. The van der Waals surface area contributed by atoms with Gasteiger partial charge in [-0.15, -0.1) is 0 Å². The van der Waals surface area contributed by atoms with Gasteiger partial charge in [-0.3, -0.25) is 0 Å². The molecule has 1 aromatic carbocycles. The lowest BCUT2D eigenvalue weighted by molar-refractivity contribution is 0.486. The van der Waals surface area contributed by atoms with Crippen LogP contribution < -0.4 is 10.5 Å². The second-order valence-electron chi connectivity index (χ2n) is 5.17. The molecule has 0 radical (unpaired) electrons. The van der Waals surface area contributed by atoms with E-state index in [0.29, 0.717) is 5.41 Å². The highest BCUT2D eigenvalue weighted by Gasteiger charge is 2.40. The third-order valence-electron chi connectivity index (χ3n) is 3.59. The van der Waals surface area contributed by atoms with Gasteiger partial charge in [0.2, 0.25) is 10.0 Å². The Balaban J connectivity index is 1.95. The maximum absolute atomic E-state index is 11.1. The Morgan fingerprint density at radius 2 is 1.89 bits per heavy atom. The second-order valence-corrected chi connectivity index (χ2v) is 6.73. The van der Waals surface area contributed by atoms with E-state index in [1.807, 2.05) is 0 Å². The van der Waals surface area contributed by atoms with Crippen LogP contribution in [0, 0.1) is 5.41 Å². The van der Waals surface area contributed by atoms with Crippen molar-refractivity contribution in [3.63, 3.8) is 0 Å². The van der Waals surface area contributed by atoms with Crippen LogP contribution in [-0.2, 0) is 10.0 Å². The van der Waals surface area contributed by atoms with Gasteiger partial charge in [0.15, 0.2) is 0 Å². The average molecular weight is 268 g/mol. The third kappa shape index (κ3) is 3.23. The molecule has 1 aliphatic rings. The number of sulfonamides is 1. The molecule has 1 fully saturated rings. The van der Waals surface area contributed by atoms with E-state index in [2.05, 4.69) is 12.2 Å². The molecule has 2 rings (SSSR count). The van der Waals surface area contributed by atoms with Crippen molar-refractivity contribution in [2.24, 2.45) is 10.6 Å². The first-order valence-corrected chi connectivity index (χ1v) is 7.87. The molecule has 0 bridgehead atoms. The number of hydrogen-bond donors (Lipinski definition) is 2. The molecule has 0 aliphatic heterocycles. The molecule has 4 nitrogen and oxygen atoms in total. The average Bonchev–Trinajstić information content (AvgIpc) is 3.07. The van der Waals surface area contributed by atoms with Crippen LogP contribution >= 0.6 is 0 Å². The Bertz CT molecular complexity index is 504. The van der Waals surface area contributed by atoms with E-state index in [-0.39, 0.29) is 4.90 Å². The molecule has 0 saturated heterocycles. The van der Waals surface area contributed by atoms with Crippen LogP contribution in [0.3, 0.4) is 0 Å². The minimum Gasteiger partial charge on any atom is -0.384 e. The Kier molecular flexibility index (Phi) is 3.64. The molecule has 5 heteroatoms. The fourth-order valence-corrected chi connectivity index (χ4v) is 2.79. The number of hydrogen-bond acceptors (Lipinski definition) is 3. The molecule has 18 heavy (non-hydrogen) atoms. The first-order valence-electron chi connectivity index (χ1n) is 6.32. The van der Waals surface area contributed by atoms with Gasteiger partial charge in [-0.25, -0.2) is 13.6 Å². The smallest absolute Gasteiger partial charge is 0.238 e. The predicted octanol–water partition coefficient (Wildman–Crippen LogP) is 2.33. The number of primary sulfonamides is 1. The van der Waals surface area contributed by atoms with E-state index in [1.165, 1.54) is 37.8 Å². The molecule has 1 saturated carbocycles. The van der Waals surface area contributed by atoms with Crippen molar-refractivity contribution < 1.29 is 8.42 Å². The Morgan fingerprint density at radius 1 is 1.28 bits per heavy atom. The Hall–Kier alpha value is -1.07. The van der Waals surface area contributed by atoms with Gasteiger partial charge in [0.05, 0.1) is 4.90 Å². The fraction of sp³-hybridized carbons (Fsp3) is 0.538. The first-order chi connectivity index (χ1) is 8.45. The highest BCUT2D eigenvalue weighted by molar-refractivity contribution is 7.89. The summed E-state index contributed by atoms with van der Waals surface area (Å²) in [7, 11) is -3.59. The molecule has 0 atom stereocenters. The van der Waals surface area contributed by atoms with Crippen LogP contribution in [0.15, 0.2) is 29.2 Å². The van der Waals surface area contributed by atoms with Crippen LogP contribution in [0.2, 0.25) is 0 Å². The number of benzene rings is 1. The number of rotatable bonds is 6. The van der Waals surface area contributed by atoms with E-state index in [0.717, 1.165) is 12.2 Å². The molecule has 1 aliphatic carbocycles. The Labute approximate surface area is 109 Å². The molecule has 3 N–H and O–H groups in total. The molecule has 0 unspecified atom stereocenters. The highest BCUT2D eigenvalue weighted by Crippen LogP contribution is 2.49. The summed E-state index contributed by atoms with van der Waals surface area (Å²) in [5, 5.41) is 8.43. The minimum atomic E-state index is -3.59. The van der Waals surface area contributed by atoms with Crippen LogP contribution in [0.4, 0.5) is 5.69 Å². The van der Waals surface area contributed by atoms with Crippen molar-refractivity contribution in [1.29, 1.82) is 0 Å². The maximum Gasteiger partial charge on any atom is 0.238 e. The number of anilines is 1. The van der Waals surface area contributed by atoms with Gasteiger partial charge in [0, 0.05) is 12.2 Å². The van der Waals surface area contributed by atoms with Gasteiger partial charge in [0.1, 0.15) is 0 Å². The summed E-state index contributed by atoms with van der Waals surface area (Å²) in [6.07, 6.45) is 5.06. The zero-order valence-corrected chi connectivity index (χ0v) is 11.5. The van der Waals surface area contributed by atoms with Gasteiger partial charge in [0.25, 0.3) is 0 Å². The molecular weight excluding hydrogens is 248 g/mol. The third-order valence-corrected chi connectivity index (χ3v) is 4.52. The van der Waals surface area contributed by atoms with Gasteiger partial charge in [-0.1, -0.05) is 13.3 Å². The van der Waals surface area contributed by atoms with E-state index in [9.17, 15) is 8.42 Å². The first kappa shape index (κ1) is 13.4. The van der Waals surface area contributed by atoms with Crippen molar-refractivity contribution in [3.8, 4) is 0 Å². The molecule has 0 heterocycles. The van der Waals surface area contributed by atoms with Crippen molar-refractivity contribution in [2.75, 3.05) is 11.9 Å². The molecule has 0 aromatic heterocycles. The number of nitrogens with one attached hydrogen (secondary N) is 1. The van der Waals surface area contributed by atoms with Crippen LogP contribution in [0.5, 0.6) is 0 Å². The van der Waals surface area contributed by atoms with Gasteiger partial charge in [-0.2, -0.15) is 0 Å². The van der Waals surface area contributed by atoms with Crippen molar-refractivity contribution in [1.82, 2.24) is 0 Å². The maximum atomic E-state index is 11.1. The molecule has 100 valence electrons. The van der Waals surface area contributed by atoms with Crippen molar-refractivity contribution >= 4 is 15.7 Å². The largest absolute Gasteiger partial charge is 0.384 e. The zero-order chi connectivity index (χ0) is 13.2. The summed E-state index contributed by atoms with van der Waals surface area (Å²) in [6, 6.07) is 6.61. The lowest BCUT2D eigenvalue weighted by Gasteiger charge is -2.15. The summed E-state index contributed by atoms with van der Waals surface area (Å²) in [4.78, 5) is 0.155. The summed E-state index contributed by atoms with van der Waals surface area (Å²) in [6.45, 7) is 3.18. The lowest BCUT2D eigenvalue weighted by Crippen LogP contribution is -2.15. The second kappa shape index (κ2) is 4.90. The normalized spacial score (nSPS) is 17.4. The molecule has 0 amide bonds. The summed E-state index contributed by atoms with van der Waals surface area (Å²) >= 11 is 0. The van der Waals surface area contributed by atoms with Crippen LogP contribution in [0.1, 0.15) is 32.6 Å². The predicted molar refractivity (Wildman–Crippen MR) is 72.9 cm³/mol. The fourth-order valence-electron chi connectivity index (χ4n) is 2.27. The van der Waals surface area contributed by atoms with Crippen LogP contribution in [-0.4, -0.2) is 15.0 Å². The van der Waals surface area contributed by atoms with E-state index >= 15 is 0 Å². The van der Waals surface area contributed by atoms with Gasteiger partial charge < -0.3 is 5.32 Å².